The second-order valence-corrected chi connectivity index (χ2v) is 14.0. The molecule has 0 atom stereocenters. The minimum atomic E-state index is 0.593. The fourth-order valence-corrected chi connectivity index (χ4v) is 8.00. The summed E-state index contributed by atoms with van der Waals surface area (Å²) in [6.07, 6.45) is 0. The van der Waals surface area contributed by atoms with Gasteiger partial charge in [-0.25, -0.2) is 15.0 Å². The van der Waals surface area contributed by atoms with Crippen molar-refractivity contribution in [2.24, 2.45) is 0 Å². The van der Waals surface area contributed by atoms with Gasteiger partial charge in [0, 0.05) is 43.9 Å². The van der Waals surface area contributed by atoms with Gasteiger partial charge >= 0.3 is 0 Å². The molecule has 8 aromatic carbocycles. The molecule has 3 heterocycles. The van der Waals surface area contributed by atoms with Gasteiger partial charge in [0.15, 0.2) is 17.5 Å². The molecular weight excluding hydrogens is 685 g/mol. The Morgan fingerprint density at radius 2 is 0.857 bits per heavy atom. The number of hydrogen-bond donors (Lipinski definition) is 0. The van der Waals surface area contributed by atoms with Crippen LogP contribution in [-0.4, -0.2) is 19.5 Å². The lowest BCUT2D eigenvalue weighted by atomic mass is 9.97. The van der Waals surface area contributed by atoms with Crippen molar-refractivity contribution in [2.45, 2.75) is 0 Å². The second kappa shape index (κ2) is 13.0. The maximum atomic E-state index is 6.62. The first kappa shape index (κ1) is 31.9. The molecule has 0 fully saturated rings. The molecule has 0 amide bonds. The summed E-state index contributed by atoms with van der Waals surface area (Å²) in [4.78, 5) is 14.8. The van der Waals surface area contributed by atoms with Crippen molar-refractivity contribution in [3.8, 4) is 62.1 Å². The Morgan fingerprint density at radius 1 is 0.339 bits per heavy atom. The van der Waals surface area contributed by atoms with Crippen molar-refractivity contribution in [2.75, 3.05) is 0 Å². The molecule has 0 saturated heterocycles. The minimum Gasteiger partial charge on any atom is -0.456 e. The van der Waals surface area contributed by atoms with Gasteiger partial charge in [-0.05, 0) is 76.9 Å². The Labute approximate surface area is 322 Å². The van der Waals surface area contributed by atoms with E-state index < -0.39 is 0 Å². The zero-order valence-corrected chi connectivity index (χ0v) is 30.2. The van der Waals surface area contributed by atoms with E-state index in [9.17, 15) is 0 Å². The van der Waals surface area contributed by atoms with Gasteiger partial charge in [-0.2, -0.15) is 0 Å². The van der Waals surface area contributed by atoms with Crippen molar-refractivity contribution < 1.29 is 4.42 Å². The van der Waals surface area contributed by atoms with E-state index in [4.69, 9.17) is 19.4 Å². The number of fused-ring (bicyclic) bond motifs is 6. The highest BCUT2D eigenvalue weighted by molar-refractivity contribution is 6.16. The Morgan fingerprint density at radius 3 is 1.48 bits per heavy atom. The Kier molecular flexibility index (Phi) is 7.42. The van der Waals surface area contributed by atoms with Crippen LogP contribution in [-0.2, 0) is 0 Å². The van der Waals surface area contributed by atoms with E-state index in [1.54, 1.807) is 0 Å². The first-order valence-electron chi connectivity index (χ1n) is 18.8. The number of nitrogens with zero attached hydrogens (tertiary/aromatic N) is 4. The molecule has 262 valence electrons. The molecule has 0 spiro atoms. The van der Waals surface area contributed by atoms with Gasteiger partial charge in [0.2, 0.25) is 0 Å². The van der Waals surface area contributed by atoms with Crippen LogP contribution >= 0.6 is 0 Å². The fraction of sp³-hybridized carbons (Fsp3) is 0. The van der Waals surface area contributed by atoms with Crippen molar-refractivity contribution >= 4 is 43.7 Å². The average molecular weight is 717 g/mol. The standard InChI is InChI=1S/C51H32N4O/c1-5-14-33(15-6-1)36-25-28-44-42(30-36)43-31-37(26-29-45(43)55(44)39-20-11-4-12-21-39)40-22-13-23-46-48(40)41-27-24-38(32-47(41)56-46)51-53-49(34-16-7-2-8-17-34)52-50(54-51)35-18-9-3-10-19-35/h1-32H. The normalized spacial score (nSPS) is 11.6. The SMILES string of the molecule is c1ccc(-c2ccc3c(c2)c2cc(-c4cccc5oc6cc(-c7nc(-c8ccccc8)nc(-c8ccccc8)n7)ccc6c45)ccc2n3-c2ccccc2)cc1. The van der Waals surface area contributed by atoms with Crippen LogP contribution in [0.15, 0.2) is 199 Å². The molecular formula is C51H32N4O. The van der Waals surface area contributed by atoms with E-state index in [1.165, 1.54) is 27.4 Å². The summed E-state index contributed by atoms with van der Waals surface area (Å²) >= 11 is 0. The van der Waals surface area contributed by atoms with Gasteiger partial charge in [-0.3, -0.25) is 0 Å². The Bertz CT molecular complexity index is 3170. The molecule has 0 bridgehead atoms. The lowest BCUT2D eigenvalue weighted by molar-refractivity contribution is 0.669. The fourth-order valence-electron chi connectivity index (χ4n) is 8.00. The Hall–Kier alpha value is -7.63. The topological polar surface area (TPSA) is 56.7 Å². The number of hydrogen-bond acceptors (Lipinski definition) is 4. The summed E-state index contributed by atoms with van der Waals surface area (Å²) in [5, 5.41) is 4.53. The largest absolute Gasteiger partial charge is 0.456 e. The number of aromatic nitrogens is 4. The zero-order chi connectivity index (χ0) is 37.0. The van der Waals surface area contributed by atoms with Crippen LogP contribution in [0.4, 0.5) is 0 Å². The van der Waals surface area contributed by atoms with E-state index in [0.717, 1.165) is 61.0 Å². The number of furan rings is 1. The molecule has 11 rings (SSSR count). The number of benzene rings is 8. The van der Waals surface area contributed by atoms with Gasteiger partial charge in [0.05, 0.1) is 11.0 Å². The van der Waals surface area contributed by atoms with Gasteiger partial charge in [-0.1, -0.05) is 140 Å². The highest BCUT2D eigenvalue weighted by Gasteiger charge is 2.19. The zero-order valence-electron chi connectivity index (χ0n) is 30.2. The molecule has 5 heteroatoms. The highest BCUT2D eigenvalue weighted by Crippen LogP contribution is 2.41. The average Bonchev–Trinajstić information content (AvgIpc) is 3.82. The predicted octanol–water partition coefficient (Wildman–Crippen LogP) is 13.2. The van der Waals surface area contributed by atoms with Gasteiger partial charge in [-0.15, -0.1) is 0 Å². The van der Waals surface area contributed by atoms with Gasteiger partial charge < -0.3 is 8.98 Å². The minimum absolute atomic E-state index is 0.593. The third kappa shape index (κ3) is 5.37. The van der Waals surface area contributed by atoms with Crippen molar-refractivity contribution in [3.63, 3.8) is 0 Å². The molecule has 0 saturated carbocycles. The van der Waals surface area contributed by atoms with E-state index in [1.807, 2.05) is 60.7 Å². The molecule has 0 aliphatic heterocycles. The summed E-state index contributed by atoms with van der Waals surface area (Å²) < 4.78 is 8.98. The van der Waals surface area contributed by atoms with E-state index in [2.05, 4.69) is 138 Å². The van der Waals surface area contributed by atoms with Crippen LogP contribution in [0.2, 0.25) is 0 Å². The molecule has 0 aliphatic carbocycles. The van der Waals surface area contributed by atoms with Crippen molar-refractivity contribution in [1.29, 1.82) is 0 Å². The van der Waals surface area contributed by atoms with Crippen LogP contribution in [0.25, 0.3) is 106 Å². The molecule has 0 unspecified atom stereocenters. The summed E-state index contributed by atoms with van der Waals surface area (Å²) in [7, 11) is 0. The van der Waals surface area contributed by atoms with E-state index in [-0.39, 0.29) is 0 Å². The quantitative estimate of drug-likeness (QED) is 0.172. The van der Waals surface area contributed by atoms with Gasteiger partial charge in [0.1, 0.15) is 11.2 Å². The molecule has 11 aromatic rings. The van der Waals surface area contributed by atoms with Crippen LogP contribution in [0, 0.1) is 0 Å². The van der Waals surface area contributed by atoms with Crippen LogP contribution in [0.1, 0.15) is 0 Å². The van der Waals surface area contributed by atoms with E-state index >= 15 is 0 Å². The lowest BCUT2D eigenvalue weighted by Crippen LogP contribution is -2.00. The number of para-hydroxylation sites is 1. The molecule has 56 heavy (non-hydrogen) atoms. The maximum absolute atomic E-state index is 6.62. The summed E-state index contributed by atoms with van der Waals surface area (Å²) in [6.45, 7) is 0. The molecule has 3 aromatic heterocycles. The first-order chi connectivity index (χ1) is 27.7. The Balaban J connectivity index is 1.07. The lowest BCUT2D eigenvalue weighted by Gasteiger charge is -2.09. The van der Waals surface area contributed by atoms with Crippen molar-refractivity contribution in [1.82, 2.24) is 19.5 Å². The maximum Gasteiger partial charge on any atom is 0.164 e. The molecule has 5 nitrogen and oxygen atoms in total. The second-order valence-electron chi connectivity index (χ2n) is 14.0. The van der Waals surface area contributed by atoms with Crippen LogP contribution in [0.5, 0.6) is 0 Å². The third-order valence-electron chi connectivity index (χ3n) is 10.7. The molecule has 0 radical (unpaired) electrons. The molecule has 0 aliphatic rings. The van der Waals surface area contributed by atoms with Crippen molar-refractivity contribution in [3.05, 3.63) is 194 Å². The van der Waals surface area contributed by atoms with Crippen LogP contribution < -0.4 is 0 Å². The molecule has 0 N–H and O–H groups in total. The predicted molar refractivity (Wildman–Crippen MR) is 229 cm³/mol. The van der Waals surface area contributed by atoms with E-state index in [0.29, 0.717) is 17.5 Å². The number of rotatable bonds is 6. The summed E-state index contributed by atoms with van der Waals surface area (Å²) in [5.41, 5.74) is 12.5. The summed E-state index contributed by atoms with van der Waals surface area (Å²) in [6, 6.07) is 67.6. The monoisotopic (exact) mass is 716 g/mol. The highest BCUT2D eigenvalue weighted by atomic mass is 16.3. The smallest absolute Gasteiger partial charge is 0.164 e. The summed E-state index contributed by atoms with van der Waals surface area (Å²) in [5.74, 6) is 1.85. The van der Waals surface area contributed by atoms with Gasteiger partial charge in [0.25, 0.3) is 0 Å². The third-order valence-corrected chi connectivity index (χ3v) is 10.7. The van der Waals surface area contributed by atoms with Crippen LogP contribution in [0.3, 0.4) is 0 Å². The first-order valence-corrected chi connectivity index (χ1v) is 18.8.